The molecule has 0 saturated carbocycles. The Morgan fingerprint density at radius 2 is 1.88 bits per heavy atom. The fourth-order valence-corrected chi connectivity index (χ4v) is 3.47. The largest absolute Gasteiger partial charge is 0.497 e. The molecule has 0 radical (unpaired) electrons. The van der Waals surface area contributed by atoms with E-state index in [0.717, 1.165) is 37.6 Å². The number of carbonyl (C=O) groups excluding carboxylic acids is 1. The van der Waals surface area contributed by atoms with Gasteiger partial charge in [-0.25, -0.2) is 0 Å². The molecule has 2 N–H and O–H groups in total. The van der Waals surface area contributed by atoms with Gasteiger partial charge >= 0.3 is 0 Å². The minimum absolute atomic E-state index is 0.0279. The minimum atomic E-state index is -0.105. The molecule has 1 atom stereocenters. The van der Waals surface area contributed by atoms with E-state index in [1.807, 2.05) is 31.2 Å². The Hall–Kier alpha value is -2.24. The van der Waals surface area contributed by atoms with Crippen LogP contribution >= 0.6 is 11.6 Å². The maximum atomic E-state index is 12.5. The van der Waals surface area contributed by atoms with Crippen LogP contribution in [0.3, 0.4) is 0 Å². The van der Waals surface area contributed by atoms with Gasteiger partial charge in [-0.3, -0.25) is 4.79 Å². The first-order valence-electron chi connectivity index (χ1n) is 8.87. The Bertz CT molecular complexity index is 743. The van der Waals surface area contributed by atoms with Crippen LogP contribution in [0.4, 0.5) is 11.4 Å². The van der Waals surface area contributed by atoms with Crippen LogP contribution in [0, 0.1) is 0 Å². The van der Waals surface area contributed by atoms with Crippen molar-refractivity contribution in [1.82, 2.24) is 0 Å². The second-order valence-corrected chi connectivity index (χ2v) is 7.00. The molecule has 0 aliphatic carbocycles. The number of carbonyl (C=O) groups is 1. The van der Waals surface area contributed by atoms with Gasteiger partial charge in [-0.15, -0.1) is 0 Å². The van der Waals surface area contributed by atoms with E-state index in [0.29, 0.717) is 5.02 Å². The molecule has 1 fully saturated rings. The molecule has 3 rings (SSSR count). The van der Waals surface area contributed by atoms with Crippen molar-refractivity contribution in [3.63, 3.8) is 0 Å². The van der Waals surface area contributed by atoms with Crippen LogP contribution in [0.5, 0.6) is 5.75 Å². The Kier molecular flexibility index (Phi) is 6.01. The lowest BCUT2D eigenvalue weighted by Gasteiger charge is -2.36. The van der Waals surface area contributed by atoms with Crippen molar-refractivity contribution >= 4 is 28.9 Å². The first kappa shape index (κ1) is 18.5. The summed E-state index contributed by atoms with van der Waals surface area (Å²) < 4.78 is 5.21. The van der Waals surface area contributed by atoms with Gasteiger partial charge in [0.05, 0.1) is 33.3 Å². The second-order valence-electron chi connectivity index (χ2n) is 6.56. The minimum Gasteiger partial charge on any atom is -0.497 e. The lowest BCUT2D eigenvalue weighted by Crippen LogP contribution is -3.19. The van der Waals surface area contributed by atoms with E-state index in [9.17, 15) is 4.79 Å². The zero-order valence-electron chi connectivity index (χ0n) is 15.2. The normalized spacial score (nSPS) is 16.2. The Labute approximate surface area is 159 Å². The number of nitrogens with zero attached hydrogens (tertiary/aromatic N) is 1. The molecule has 2 aromatic carbocycles. The summed E-state index contributed by atoms with van der Waals surface area (Å²) in [6, 6.07) is 15.3. The van der Waals surface area contributed by atoms with Crippen LogP contribution in [0.25, 0.3) is 0 Å². The van der Waals surface area contributed by atoms with Crippen molar-refractivity contribution < 1.29 is 14.4 Å². The topological polar surface area (TPSA) is 46.0 Å². The monoisotopic (exact) mass is 374 g/mol. The molecule has 1 aliphatic heterocycles. The van der Waals surface area contributed by atoms with Crippen molar-refractivity contribution in [3.8, 4) is 5.75 Å². The van der Waals surface area contributed by atoms with Crippen LogP contribution in [0.2, 0.25) is 5.02 Å². The summed E-state index contributed by atoms with van der Waals surface area (Å²) in [5.74, 6) is 0.893. The molecule has 6 heteroatoms. The van der Waals surface area contributed by atoms with Crippen molar-refractivity contribution in [1.29, 1.82) is 0 Å². The molecule has 1 aliphatic rings. The summed E-state index contributed by atoms with van der Waals surface area (Å²) in [4.78, 5) is 16.2. The maximum absolute atomic E-state index is 12.5. The lowest BCUT2D eigenvalue weighted by molar-refractivity contribution is -0.914. The summed E-state index contributed by atoms with van der Waals surface area (Å²) in [6.07, 6.45) is 0. The molecule has 0 spiro atoms. The highest BCUT2D eigenvalue weighted by molar-refractivity contribution is 6.30. The molecule has 0 bridgehead atoms. The van der Waals surface area contributed by atoms with E-state index in [4.69, 9.17) is 16.3 Å². The van der Waals surface area contributed by atoms with Gasteiger partial charge in [0.25, 0.3) is 5.91 Å². The second kappa shape index (κ2) is 8.43. The van der Waals surface area contributed by atoms with Gasteiger partial charge in [-0.2, -0.15) is 0 Å². The first-order chi connectivity index (χ1) is 12.6. The zero-order valence-corrected chi connectivity index (χ0v) is 15.9. The van der Waals surface area contributed by atoms with Crippen LogP contribution in [-0.4, -0.2) is 45.2 Å². The predicted octanol–water partition coefficient (Wildman–Crippen LogP) is 2.08. The van der Waals surface area contributed by atoms with Gasteiger partial charge < -0.3 is 19.9 Å². The van der Waals surface area contributed by atoms with E-state index in [1.54, 1.807) is 19.2 Å². The summed E-state index contributed by atoms with van der Waals surface area (Å²) in [5, 5.41) is 3.58. The third-order valence-electron chi connectivity index (χ3n) is 4.94. The number of quaternary nitrogens is 1. The zero-order chi connectivity index (χ0) is 18.5. The van der Waals surface area contributed by atoms with Crippen molar-refractivity contribution in [2.24, 2.45) is 0 Å². The average molecular weight is 375 g/mol. The van der Waals surface area contributed by atoms with E-state index in [1.165, 1.54) is 10.6 Å². The molecule has 1 heterocycles. The highest BCUT2D eigenvalue weighted by Crippen LogP contribution is 2.19. The third-order valence-corrected chi connectivity index (χ3v) is 5.18. The fraction of sp³-hybridized carbons (Fsp3) is 0.350. The molecule has 1 amide bonds. The molecule has 2 aromatic rings. The number of rotatable bonds is 5. The van der Waals surface area contributed by atoms with Crippen LogP contribution in [-0.2, 0) is 4.79 Å². The molecule has 138 valence electrons. The predicted molar refractivity (Wildman–Crippen MR) is 105 cm³/mol. The molecule has 0 unspecified atom stereocenters. The van der Waals surface area contributed by atoms with Gasteiger partial charge in [-0.05, 0) is 49.4 Å². The number of benzene rings is 2. The van der Waals surface area contributed by atoms with Crippen molar-refractivity contribution in [2.75, 3.05) is 43.5 Å². The van der Waals surface area contributed by atoms with Crippen molar-refractivity contribution in [3.05, 3.63) is 53.6 Å². The number of piperazine rings is 1. The molecule has 5 nitrogen and oxygen atoms in total. The molecule has 0 aromatic heterocycles. The fourth-order valence-electron chi connectivity index (χ4n) is 3.28. The number of hydrogen-bond acceptors (Lipinski definition) is 3. The molecular formula is C20H25ClN3O2+. The van der Waals surface area contributed by atoms with E-state index in [-0.39, 0.29) is 11.9 Å². The highest BCUT2D eigenvalue weighted by atomic mass is 35.5. The van der Waals surface area contributed by atoms with E-state index >= 15 is 0 Å². The summed E-state index contributed by atoms with van der Waals surface area (Å²) in [6.45, 7) is 5.69. The Morgan fingerprint density at radius 1 is 1.19 bits per heavy atom. The number of methoxy groups -OCH3 is 1. The summed E-state index contributed by atoms with van der Waals surface area (Å²) in [7, 11) is 1.67. The van der Waals surface area contributed by atoms with E-state index in [2.05, 4.69) is 22.3 Å². The smallest absolute Gasteiger partial charge is 0.282 e. The standard InChI is InChI=1S/C20H24ClN3O2/c1-15(20(25)22-17-5-3-4-16(21)14-17)23-10-12-24(13-11-23)18-6-8-19(26-2)9-7-18/h3-9,14-15H,10-13H2,1-2H3,(H,22,25)/p+1/t15-/m0/s1. The van der Waals surface area contributed by atoms with Crippen molar-refractivity contribution in [2.45, 2.75) is 13.0 Å². The number of amides is 1. The third kappa shape index (κ3) is 4.48. The number of ether oxygens (including phenoxy) is 1. The van der Waals surface area contributed by atoms with Crippen LogP contribution in [0.15, 0.2) is 48.5 Å². The summed E-state index contributed by atoms with van der Waals surface area (Å²) >= 11 is 5.98. The number of anilines is 2. The average Bonchev–Trinajstić information content (AvgIpc) is 2.67. The highest BCUT2D eigenvalue weighted by Gasteiger charge is 2.29. The Morgan fingerprint density at radius 3 is 2.50 bits per heavy atom. The van der Waals surface area contributed by atoms with Gasteiger partial charge in [0.2, 0.25) is 0 Å². The molecule has 1 saturated heterocycles. The number of hydrogen-bond donors (Lipinski definition) is 2. The maximum Gasteiger partial charge on any atom is 0.282 e. The van der Waals surface area contributed by atoms with Gasteiger partial charge in [-0.1, -0.05) is 17.7 Å². The quantitative estimate of drug-likeness (QED) is 0.842. The summed E-state index contributed by atoms with van der Waals surface area (Å²) in [5.41, 5.74) is 1.94. The molecule has 26 heavy (non-hydrogen) atoms. The van der Waals surface area contributed by atoms with Gasteiger partial charge in [0, 0.05) is 16.4 Å². The Balaban J connectivity index is 1.54. The van der Waals surface area contributed by atoms with Crippen LogP contribution < -0.4 is 19.9 Å². The van der Waals surface area contributed by atoms with Gasteiger partial charge in [0.1, 0.15) is 5.75 Å². The number of nitrogens with one attached hydrogen (secondary N) is 2. The van der Waals surface area contributed by atoms with Crippen LogP contribution in [0.1, 0.15) is 6.92 Å². The first-order valence-corrected chi connectivity index (χ1v) is 9.24. The van der Waals surface area contributed by atoms with E-state index < -0.39 is 0 Å². The SMILES string of the molecule is COc1ccc(N2CC[NH+]([C@@H](C)C(=O)Nc3cccc(Cl)c3)CC2)cc1. The lowest BCUT2D eigenvalue weighted by atomic mass is 10.2. The number of halogens is 1. The molecular weight excluding hydrogens is 350 g/mol. The van der Waals surface area contributed by atoms with Gasteiger partial charge in [0.15, 0.2) is 6.04 Å².